The predicted octanol–water partition coefficient (Wildman–Crippen LogP) is 5.22. The summed E-state index contributed by atoms with van der Waals surface area (Å²) in [5.74, 6) is 0. The quantitative estimate of drug-likeness (QED) is 0.461. The minimum atomic E-state index is -0.430. The second-order valence-corrected chi connectivity index (χ2v) is 9.89. The van der Waals surface area contributed by atoms with E-state index in [-0.39, 0.29) is 12.4 Å². The maximum atomic E-state index is 5.61. The van der Waals surface area contributed by atoms with Gasteiger partial charge in [-0.2, -0.15) is 0 Å². The van der Waals surface area contributed by atoms with Gasteiger partial charge in [0.1, 0.15) is 0 Å². The number of halogens is 3. The van der Waals surface area contributed by atoms with Crippen LogP contribution in [0.4, 0.5) is 0 Å². The first-order valence-electron chi connectivity index (χ1n) is 5.61. The van der Waals surface area contributed by atoms with E-state index in [4.69, 9.17) is 23.2 Å². The van der Waals surface area contributed by atoms with Gasteiger partial charge in [-0.15, -0.1) is 12.4 Å². The van der Waals surface area contributed by atoms with Gasteiger partial charge in [-0.3, -0.25) is 0 Å². The second kappa shape index (κ2) is 9.48. The maximum Gasteiger partial charge on any atom is -0.147 e. The molecule has 0 spiro atoms. The average molecular weight is 384 g/mol. The molecule has 0 aromatic heterocycles. The Morgan fingerprint density at radius 3 is 2.56 bits per heavy atom. The van der Waals surface area contributed by atoms with Gasteiger partial charge in [0, 0.05) is 0 Å². The summed E-state index contributed by atoms with van der Waals surface area (Å²) in [6.45, 7) is 6.74. The van der Waals surface area contributed by atoms with Crippen molar-refractivity contribution < 1.29 is 22.8 Å². The van der Waals surface area contributed by atoms with Crippen LogP contribution in [-0.4, -0.2) is 8.04 Å². The molecule has 0 aromatic rings. The minimum Gasteiger partial charge on any atom is -0.147 e. The van der Waals surface area contributed by atoms with Crippen molar-refractivity contribution in [3.8, 4) is 0 Å². The Hall–Kier alpha value is 0.583. The van der Waals surface area contributed by atoms with E-state index in [1.54, 1.807) is 12.6 Å². The molecule has 0 nitrogen and oxygen atoms in total. The predicted molar refractivity (Wildman–Crippen MR) is 82.8 cm³/mol. The molecule has 1 aliphatic rings. The first-order chi connectivity index (χ1) is 8.00. The molecule has 0 saturated heterocycles. The van der Waals surface area contributed by atoms with Gasteiger partial charge >= 0.3 is 126 Å². The first-order valence-corrected chi connectivity index (χ1v) is 8.94. The molecule has 1 rings (SSSR count). The van der Waals surface area contributed by atoms with Crippen LogP contribution in [-0.2, 0) is 22.8 Å². The van der Waals surface area contributed by atoms with Crippen LogP contribution in [0.3, 0.4) is 0 Å². The third-order valence-electron chi connectivity index (χ3n) is 2.46. The Morgan fingerprint density at radius 2 is 2.00 bits per heavy atom. The molecule has 0 aromatic carbocycles. The molecule has 0 fully saturated rings. The van der Waals surface area contributed by atoms with Crippen molar-refractivity contribution in [3.05, 3.63) is 44.8 Å². The molecule has 0 amide bonds. The van der Waals surface area contributed by atoms with Gasteiger partial charge < -0.3 is 0 Å². The van der Waals surface area contributed by atoms with E-state index in [2.05, 4.69) is 32.9 Å². The molecular weight excluding hydrogens is 366 g/mol. The van der Waals surface area contributed by atoms with Crippen LogP contribution < -0.4 is 0 Å². The van der Waals surface area contributed by atoms with Crippen molar-refractivity contribution in [1.29, 1.82) is 0 Å². The van der Waals surface area contributed by atoms with Gasteiger partial charge in [-0.1, -0.05) is 0 Å². The number of hydrogen-bond acceptors (Lipinski definition) is 0. The average Bonchev–Trinajstić information content (AvgIpc) is 2.55. The van der Waals surface area contributed by atoms with Gasteiger partial charge in [-0.05, 0) is 0 Å². The van der Waals surface area contributed by atoms with Crippen molar-refractivity contribution in [2.24, 2.45) is 0 Å². The Kier molecular flexibility index (Phi) is 9.79. The third-order valence-corrected chi connectivity index (χ3v) is 6.14. The fraction of sp³-hybridized carbons (Fsp3) is 0.357. The Bertz CT molecular complexity index is 422. The standard InChI is InChI=1S/C11H11Cl2.C3H6.ClH.Zr/c1-9-5-4-7-10(9)6-2-3-8-11(12)13;1-3-2;;/h2-3,6-8,11H,4H2,1H3;1-2H3;1H;. The van der Waals surface area contributed by atoms with Crippen LogP contribution in [0.25, 0.3) is 0 Å². The van der Waals surface area contributed by atoms with Crippen molar-refractivity contribution in [2.45, 2.75) is 32.0 Å². The number of hydrogen-bond donors (Lipinski definition) is 0. The zero-order valence-electron chi connectivity index (χ0n) is 10.8. The summed E-state index contributed by atoms with van der Waals surface area (Å²) in [6.07, 6.45) is 11.3. The maximum absolute atomic E-state index is 5.61. The number of allylic oxidation sites excluding steroid dienone is 8. The van der Waals surface area contributed by atoms with E-state index in [9.17, 15) is 0 Å². The fourth-order valence-corrected chi connectivity index (χ4v) is 4.61. The Labute approximate surface area is 137 Å². The van der Waals surface area contributed by atoms with E-state index < -0.39 is 27.6 Å². The van der Waals surface area contributed by atoms with Crippen molar-refractivity contribution >= 4 is 38.8 Å². The second-order valence-electron chi connectivity index (χ2n) is 4.17. The zero-order chi connectivity index (χ0) is 12.8. The van der Waals surface area contributed by atoms with Crippen molar-refractivity contribution in [1.82, 2.24) is 0 Å². The van der Waals surface area contributed by atoms with Gasteiger partial charge in [0.25, 0.3) is 0 Å². The molecule has 0 radical (unpaired) electrons. The zero-order valence-corrected chi connectivity index (χ0v) is 15.6. The molecule has 0 unspecified atom stereocenters. The molecule has 0 atom stereocenters. The normalized spacial score (nSPS) is 15.3. The van der Waals surface area contributed by atoms with Gasteiger partial charge in [0.05, 0.1) is 0 Å². The molecule has 0 saturated carbocycles. The van der Waals surface area contributed by atoms with Crippen molar-refractivity contribution in [2.75, 3.05) is 0 Å². The van der Waals surface area contributed by atoms with Crippen molar-refractivity contribution in [3.63, 3.8) is 0 Å². The van der Waals surface area contributed by atoms with E-state index in [1.807, 2.05) is 12.2 Å². The van der Waals surface area contributed by atoms with Gasteiger partial charge in [0.15, 0.2) is 0 Å². The van der Waals surface area contributed by atoms with Crippen LogP contribution in [0, 0.1) is 0 Å². The molecule has 0 bridgehead atoms. The molecule has 0 heterocycles. The minimum absolute atomic E-state index is 0. The van der Waals surface area contributed by atoms with Crippen LogP contribution in [0.15, 0.2) is 44.8 Å². The summed E-state index contributed by atoms with van der Waals surface area (Å²) >= 11 is 10.8. The van der Waals surface area contributed by atoms with Crippen LogP contribution in [0.2, 0.25) is 0 Å². The van der Waals surface area contributed by atoms with Gasteiger partial charge in [0.2, 0.25) is 0 Å². The largest absolute Gasteiger partial charge is 0.147 e. The van der Waals surface area contributed by atoms with Crippen LogP contribution in [0.5, 0.6) is 0 Å². The smallest absolute Gasteiger partial charge is 0.147 e. The summed E-state index contributed by atoms with van der Waals surface area (Å²) in [7, 11) is 0. The summed E-state index contributed by atoms with van der Waals surface area (Å²) in [5, 5.41) is 0. The third kappa shape index (κ3) is 6.66. The SMILES string of the molecule is C[C](C)=[Zr][C]1=C(C)C(C=CC=CC(Cl)Cl)=CC1.Cl. The van der Waals surface area contributed by atoms with E-state index in [0.717, 1.165) is 6.42 Å². The summed E-state index contributed by atoms with van der Waals surface area (Å²) < 4.78 is 3.33. The first kappa shape index (κ1) is 18.6. The molecule has 0 aliphatic heterocycles. The van der Waals surface area contributed by atoms with E-state index in [1.165, 1.54) is 11.1 Å². The van der Waals surface area contributed by atoms with Gasteiger partial charge in [-0.25, -0.2) is 0 Å². The number of alkyl halides is 2. The molecule has 1 aliphatic carbocycles. The number of rotatable bonds is 4. The molecule has 18 heavy (non-hydrogen) atoms. The fourth-order valence-electron chi connectivity index (χ4n) is 1.64. The Morgan fingerprint density at radius 1 is 1.33 bits per heavy atom. The molecule has 4 heteroatoms. The van der Waals surface area contributed by atoms with Crippen LogP contribution in [0.1, 0.15) is 27.2 Å². The summed E-state index contributed by atoms with van der Waals surface area (Å²) in [6, 6.07) is 0. The topological polar surface area (TPSA) is 0 Å². The molecule has 0 N–H and O–H groups in total. The molecule has 99 valence electrons. The monoisotopic (exact) mass is 381 g/mol. The molecular formula is C14H18Cl3Zr. The van der Waals surface area contributed by atoms with Crippen LogP contribution >= 0.6 is 35.6 Å². The van der Waals surface area contributed by atoms with E-state index in [0.29, 0.717) is 0 Å². The van der Waals surface area contributed by atoms with E-state index >= 15 is 0 Å². The summed E-state index contributed by atoms with van der Waals surface area (Å²) in [4.78, 5) is -0.421. The summed E-state index contributed by atoms with van der Waals surface area (Å²) in [5.41, 5.74) is 2.84. The Balaban J connectivity index is 0.00000289.